The number of carbonyl (C=O) groups excluding carboxylic acids is 1. The van der Waals surface area contributed by atoms with Crippen molar-refractivity contribution in [3.8, 4) is 11.3 Å². The first-order valence-corrected chi connectivity index (χ1v) is 7.43. The highest BCUT2D eigenvalue weighted by Gasteiger charge is 2.06. The lowest BCUT2D eigenvalue weighted by Gasteiger charge is -2.06. The number of hydrogen-bond acceptors (Lipinski definition) is 4. The van der Waals surface area contributed by atoms with Crippen molar-refractivity contribution in [3.05, 3.63) is 70.8 Å². The predicted molar refractivity (Wildman–Crippen MR) is 83.0 cm³/mol. The fourth-order valence-corrected chi connectivity index (χ4v) is 2.57. The second-order valence-electron chi connectivity index (χ2n) is 4.49. The van der Waals surface area contributed by atoms with Gasteiger partial charge in [0.15, 0.2) is 0 Å². The highest BCUT2D eigenvalue weighted by molar-refractivity contribution is 7.08. The molecule has 0 aromatic carbocycles. The van der Waals surface area contributed by atoms with Crippen LogP contribution in [0.5, 0.6) is 0 Å². The third-order valence-electron chi connectivity index (χ3n) is 3.02. The minimum atomic E-state index is -0.0593. The number of carbonyl (C=O) groups is 1. The topological polar surface area (TPSA) is 54.9 Å². The summed E-state index contributed by atoms with van der Waals surface area (Å²) in [4.78, 5) is 20.3. The maximum atomic E-state index is 11.9. The molecule has 0 aliphatic carbocycles. The van der Waals surface area contributed by atoms with Crippen molar-refractivity contribution >= 4 is 17.2 Å². The van der Waals surface area contributed by atoms with Crippen LogP contribution in [-0.4, -0.2) is 15.9 Å². The van der Waals surface area contributed by atoms with Crippen molar-refractivity contribution < 1.29 is 4.79 Å². The summed E-state index contributed by atoms with van der Waals surface area (Å²) in [5.74, 6) is -0.0593. The van der Waals surface area contributed by atoms with Crippen molar-refractivity contribution in [2.24, 2.45) is 0 Å². The third kappa shape index (κ3) is 3.32. The highest BCUT2D eigenvalue weighted by Crippen LogP contribution is 2.16. The Morgan fingerprint density at radius 1 is 1.24 bits per heavy atom. The number of amides is 1. The number of hydrogen-bond donors (Lipinski definition) is 1. The molecule has 0 unspecified atom stereocenters. The average Bonchev–Trinajstić information content (AvgIpc) is 3.08. The molecule has 3 rings (SSSR count). The summed E-state index contributed by atoms with van der Waals surface area (Å²) in [5.41, 5.74) is 3.52. The Morgan fingerprint density at radius 2 is 2.19 bits per heavy atom. The molecule has 3 aromatic rings. The molecule has 21 heavy (non-hydrogen) atoms. The van der Waals surface area contributed by atoms with Gasteiger partial charge >= 0.3 is 0 Å². The Labute approximate surface area is 126 Å². The lowest BCUT2D eigenvalue weighted by atomic mass is 10.1. The zero-order valence-electron chi connectivity index (χ0n) is 11.2. The smallest absolute Gasteiger partial charge is 0.252 e. The molecule has 0 saturated carbocycles. The minimum absolute atomic E-state index is 0.0593. The summed E-state index contributed by atoms with van der Waals surface area (Å²) in [5, 5.41) is 6.63. The SMILES string of the molecule is O=C(NCc1ccnc(-c2cccnc2)c1)c1ccsc1. The summed E-state index contributed by atoms with van der Waals surface area (Å²) in [6, 6.07) is 9.51. The van der Waals surface area contributed by atoms with Gasteiger partial charge in [-0.1, -0.05) is 0 Å². The molecule has 0 aliphatic heterocycles. The molecular formula is C16H13N3OS. The van der Waals surface area contributed by atoms with E-state index >= 15 is 0 Å². The number of aromatic nitrogens is 2. The summed E-state index contributed by atoms with van der Waals surface area (Å²) < 4.78 is 0. The first kappa shape index (κ1) is 13.5. The van der Waals surface area contributed by atoms with E-state index in [9.17, 15) is 4.79 Å². The molecule has 104 valence electrons. The summed E-state index contributed by atoms with van der Waals surface area (Å²) >= 11 is 1.51. The molecule has 0 fully saturated rings. The fraction of sp³-hybridized carbons (Fsp3) is 0.0625. The molecule has 5 heteroatoms. The third-order valence-corrected chi connectivity index (χ3v) is 3.70. The molecule has 0 atom stereocenters. The van der Waals surface area contributed by atoms with Gasteiger partial charge in [-0.2, -0.15) is 11.3 Å². The van der Waals surface area contributed by atoms with Crippen LogP contribution in [0, 0.1) is 0 Å². The van der Waals surface area contributed by atoms with Crippen LogP contribution in [0.2, 0.25) is 0 Å². The van der Waals surface area contributed by atoms with Crippen molar-refractivity contribution in [1.29, 1.82) is 0 Å². The van der Waals surface area contributed by atoms with Crippen LogP contribution in [0.25, 0.3) is 11.3 Å². The zero-order valence-corrected chi connectivity index (χ0v) is 12.0. The van der Waals surface area contributed by atoms with Gasteiger partial charge < -0.3 is 5.32 Å². The van der Waals surface area contributed by atoms with Crippen LogP contribution < -0.4 is 5.32 Å². The number of nitrogens with one attached hydrogen (secondary N) is 1. The van der Waals surface area contributed by atoms with E-state index in [1.165, 1.54) is 11.3 Å². The van der Waals surface area contributed by atoms with E-state index in [0.29, 0.717) is 12.1 Å². The van der Waals surface area contributed by atoms with Gasteiger partial charge in [-0.15, -0.1) is 0 Å². The van der Waals surface area contributed by atoms with E-state index in [4.69, 9.17) is 0 Å². The average molecular weight is 295 g/mol. The molecule has 0 radical (unpaired) electrons. The molecule has 1 amide bonds. The monoisotopic (exact) mass is 295 g/mol. The minimum Gasteiger partial charge on any atom is -0.348 e. The van der Waals surface area contributed by atoms with Gasteiger partial charge in [-0.05, 0) is 41.3 Å². The molecular weight excluding hydrogens is 282 g/mol. The largest absolute Gasteiger partial charge is 0.348 e. The van der Waals surface area contributed by atoms with Gasteiger partial charge in [0.1, 0.15) is 0 Å². The van der Waals surface area contributed by atoms with E-state index < -0.39 is 0 Å². The quantitative estimate of drug-likeness (QED) is 0.804. The van der Waals surface area contributed by atoms with E-state index in [2.05, 4.69) is 15.3 Å². The van der Waals surface area contributed by atoms with Crippen molar-refractivity contribution in [2.75, 3.05) is 0 Å². The zero-order chi connectivity index (χ0) is 14.5. The Kier molecular flexibility index (Phi) is 4.02. The van der Waals surface area contributed by atoms with Crippen molar-refractivity contribution in [3.63, 3.8) is 0 Å². The normalized spacial score (nSPS) is 10.3. The Hall–Kier alpha value is -2.53. The first-order chi connectivity index (χ1) is 10.3. The van der Waals surface area contributed by atoms with Crippen LogP contribution in [0.15, 0.2) is 59.7 Å². The standard InChI is InChI=1S/C16H13N3OS/c20-16(14-4-7-21-11-14)19-9-12-3-6-18-15(8-12)13-2-1-5-17-10-13/h1-8,10-11H,9H2,(H,19,20). The second-order valence-corrected chi connectivity index (χ2v) is 5.27. The molecule has 3 aromatic heterocycles. The van der Waals surface area contributed by atoms with Crippen molar-refractivity contribution in [1.82, 2.24) is 15.3 Å². The van der Waals surface area contributed by atoms with Gasteiger partial charge in [0.2, 0.25) is 0 Å². The maximum absolute atomic E-state index is 11.9. The summed E-state index contributed by atoms with van der Waals surface area (Å²) in [6.45, 7) is 0.477. The Balaban J connectivity index is 1.71. The van der Waals surface area contributed by atoms with E-state index in [1.54, 1.807) is 18.6 Å². The van der Waals surface area contributed by atoms with E-state index in [0.717, 1.165) is 16.8 Å². The molecule has 4 nitrogen and oxygen atoms in total. The van der Waals surface area contributed by atoms with Gasteiger partial charge in [0, 0.05) is 41.6 Å². The lowest BCUT2D eigenvalue weighted by molar-refractivity contribution is 0.0951. The molecule has 0 spiro atoms. The molecule has 0 aliphatic rings. The van der Waals surface area contributed by atoms with Gasteiger partial charge in [-0.25, -0.2) is 0 Å². The number of nitrogens with zero attached hydrogens (tertiary/aromatic N) is 2. The number of pyridine rings is 2. The number of rotatable bonds is 4. The second kappa shape index (κ2) is 6.28. The fourth-order valence-electron chi connectivity index (χ4n) is 1.93. The molecule has 0 saturated heterocycles. The van der Waals surface area contributed by atoms with Crippen LogP contribution in [0.3, 0.4) is 0 Å². The lowest BCUT2D eigenvalue weighted by Crippen LogP contribution is -2.22. The molecule has 1 N–H and O–H groups in total. The van der Waals surface area contributed by atoms with Gasteiger partial charge in [-0.3, -0.25) is 14.8 Å². The van der Waals surface area contributed by atoms with E-state index in [1.807, 2.05) is 41.1 Å². The predicted octanol–water partition coefficient (Wildman–Crippen LogP) is 3.14. The van der Waals surface area contributed by atoms with Gasteiger partial charge in [0.05, 0.1) is 5.69 Å². The molecule has 3 heterocycles. The van der Waals surface area contributed by atoms with Gasteiger partial charge in [0.25, 0.3) is 5.91 Å². The first-order valence-electron chi connectivity index (χ1n) is 6.48. The summed E-state index contributed by atoms with van der Waals surface area (Å²) in [7, 11) is 0. The Morgan fingerprint density at radius 3 is 2.95 bits per heavy atom. The highest BCUT2D eigenvalue weighted by atomic mass is 32.1. The maximum Gasteiger partial charge on any atom is 0.252 e. The van der Waals surface area contributed by atoms with Crippen LogP contribution in [0.1, 0.15) is 15.9 Å². The van der Waals surface area contributed by atoms with Crippen LogP contribution in [0.4, 0.5) is 0 Å². The summed E-state index contributed by atoms with van der Waals surface area (Å²) in [6.07, 6.45) is 5.25. The Bertz CT molecular complexity index is 726. The molecule has 0 bridgehead atoms. The number of thiophene rings is 1. The van der Waals surface area contributed by atoms with Crippen LogP contribution >= 0.6 is 11.3 Å². The van der Waals surface area contributed by atoms with Crippen LogP contribution in [-0.2, 0) is 6.54 Å². The van der Waals surface area contributed by atoms with Crippen molar-refractivity contribution in [2.45, 2.75) is 6.54 Å². The van der Waals surface area contributed by atoms with E-state index in [-0.39, 0.29) is 5.91 Å².